The van der Waals surface area contributed by atoms with Crippen LogP contribution >= 0.6 is 0 Å². The minimum Gasteiger partial charge on any atom is -0.452 e. The molecule has 1 aromatic heterocycles. The zero-order chi connectivity index (χ0) is 23.1. The van der Waals surface area contributed by atoms with Gasteiger partial charge in [0.1, 0.15) is 0 Å². The Bertz CT molecular complexity index is 1000. The highest BCUT2D eigenvalue weighted by Crippen LogP contribution is 2.18. The normalized spacial score (nSPS) is 14.0. The molecule has 0 aliphatic heterocycles. The summed E-state index contributed by atoms with van der Waals surface area (Å²) in [5.41, 5.74) is 4.88. The van der Waals surface area contributed by atoms with Crippen LogP contribution in [0.15, 0.2) is 30.3 Å². The average molecular weight is 439 g/mol. The third-order valence-corrected chi connectivity index (χ3v) is 5.57. The molecule has 8 nitrogen and oxygen atoms in total. The molecule has 0 unspecified atom stereocenters. The lowest BCUT2D eigenvalue weighted by molar-refractivity contribution is -0.143. The number of hydrogen-bond acceptors (Lipinski definition) is 5. The number of urea groups is 1. The fourth-order valence-electron chi connectivity index (χ4n) is 3.76. The Morgan fingerprint density at radius 3 is 2.50 bits per heavy atom. The number of rotatable bonds is 7. The van der Waals surface area contributed by atoms with Crippen LogP contribution < -0.4 is 10.6 Å². The Kier molecular flexibility index (Phi) is 7.81. The molecule has 8 heteroatoms. The minimum absolute atomic E-state index is 0.103. The van der Waals surface area contributed by atoms with Crippen molar-refractivity contribution in [1.29, 1.82) is 0 Å². The molecule has 170 valence electrons. The number of carbonyl (C=O) groups excluding carboxylic acids is 3. The maximum Gasteiger partial charge on any atom is 0.331 e. The predicted octanol–water partition coefficient (Wildman–Crippen LogP) is 3.18. The fraction of sp³-hybridized carbons (Fsp3) is 0.417. The molecular weight excluding hydrogens is 408 g/mol. The number of aryl methyl sites for hydroxylation is 2. The van der Waals surface area contributed by atoms with Crippen LogP contribution in [0.4, 0.5) is 4.79 Å². The molecule has 3 rings (SSSR count). The highest BCUT2D eigenvalue weighted by molar-refractivity contribution is 5.96. The number of aromatic nitrogens is 2. The number of carbonyl (C=O) groups is 3. The zero-order valence-electron chi connectivity index (χ0n) is 18.8. The summed E-state index contributed by atoms with van der Waals surface area (Å²) in [5.74, 6) is -1.33. The van der Waals surface area contributed by atoms with Crippen LogP contribution in [0.2, 0.25) is 0 Å². The quantitative estimate of drug-likeness (QED) is 0.511. The molecule has 0 atom stereocenters. The largest absolute Gasteiger partial charge is 0.452 e. The first kappa shape index (κ1) is 23.2. The van der Waals surface area contributed by atoms with Gasteiger partial charge in [0.25, 0.3) is 5.91 Å². The zero-order valence-corrected chi connectivity index (χ0v) is 18.8. The highest BCUT2D eigenvalue weighted by atomic mass is 16.5. The molecular formula is C24H30N4O4. The molecule has 0 bridgehead atoms. The van der Waals surface area contributed by atoms with Gasteiger partial charge in [0.2, 0.25) is 0 Å². The van der Waals surface area contributed by atoms with E-state index in [1.54, 1.807) is 6.08 Å². The Morgan fingerprint density at radius 1 is 1.12 bits per heavy atom. The number of nitrogens with zero attached hydrogens (tertiary/aromatic N) is 2. The summed E-state index contributed by atoms with van der Waals surface area (Å²) < 4.78 is 6.84. The van der Waals surface area contributed by atoms with E-state index in [4.69, 9.17) is 4.74 Å². The van der Waals surface area contributed by atoms with Gasteiger partial charge >= 0.3 is 12.0 Å². The van der Waals surface area contributed by atoms with Gasteiger partial charge in [-0.1, -0.05) is 42.7 Å². The lowest BCUT2D eigenvalue weighted by Crippen LogP contribution is -2.44. The van der Waals surface area contributed by atoms with Crippen LogP contribution in [-0.4, -0.2) is 40.3 Å². The van der Waals surface area contributed by atoms with E-state index < -0.39 is 24.5 Å². The van der Waals surface area contributed by atoms with Crippen molar-refractivity contribution in [3.63, 3.8) is 0 Å². The summed E-state index contributed by atoms with van der Waals surface area (Å²) in [6, 6.07) is 7.81. The molecule has 0 spiro atoms. The molecule has 3 amide bonds. The van der Waals surface area contributed by atoms with E-state index in [0.29, 0.717) is 6.54 Å². The molecule has 1 fully saturated rings. The van der Waals surface area contributed by atoms with Crippen molar-refractivity contribution in [2.45, 2.75) is 59.0 Å². The van der Waals surface area contributed by atoms with Crippen molar-refractivity contribution in [3.05, 3.63) is 58.4 Å². The molecule has 2 aromatic rings. The number of benzene rings is 1. The van der Waals surface area contributed by atoms with Crippen LogP contribution in [0.25, 0.3) is 6.08 Å². The average Bonchev–Trinajstić information content (AvgIpc) is 3.34. The summed E-state index contributed by atoms with van der Waals surface area (Å²) in [5, 5.41) is 9.48. The third-order valence-electron chi connectivity index (χ3n) is 5.57. The van der Waals surface area contributed by atoms with E-state index in [0.717, 1.165) is 48.2 Å². The first-order valence-corrected chi connectivity index (χ1v) is 10.9. The van der Waals surface area contributed by atoms with Crippen LogP contribution in [0, 0.1) is 20.8 Å². The Balaban J connectivity index is 1.49. The number of imide groups is 1. The van der Waals surface area contributed by atoms with Crippen LogP contribution in [0.5, 0.6) is 0 Å². The maximum atomic E-state index is 12.0. The van der Waals surface area contributed by atoms with Crippen molar-refractivity contribution in [3.8, 4) is 0 Å². The van der Waals surface area contributed by atoms with Crippen LogP contribution in [0.3, 0.4) is 0 Å². The van der Waals surface area contributed by atoms with Crippen molar-refractivity contribution in [2.24, 2.45) is 0 Å². The fourth-order valence-corrected chi connectivity index (χ4v) is 3.76. The van der Waals surface area contributed by atoms with Crippen molar-refractivity contribution in [2.75, 3.05) is 6.61 Å². The molecule has 0 radical (unpaired) electrons. The van der Waals surface area contributed by atoms with Gasteiger partial charge in [0, 0.05) is 23.4 Å². The molecule has 0 saturated heterocycles. The summed E-state index contributed by atoms with van der Waals surface area (Å²) >= 11 is 0. The van der Waals surface area contributed by atoms with Gasteiger partial charge in [-0.15, -0.1) is 0 Å². The van der Waals surface area contributed by atoms with Gasteiger partial charge in [-0.3, -0.25) is 14.8 Å². The van der Waals surface area contributed by atoms with E-state index in [-0.39, 0.29) is 6.04 Å². The van der Waals surface area contributed by atoms with Gasteiger partial charge in [-0.25, -0.2) is 9.59 Å². The predicted molar refractivity (Wildman–Crippen MR) is 121 cm³/mol. The highest BCUT2D eigenvalue weighted by Gasteiger charge is 2.18. The molecule has 1 aliphatic rings. The summed E-state index contributed by atoms with van der Waals surface area (Å²) in [4.78, 5) is 35.6. The SMILES string of the molecule is Cc1ccc(Cn2nc(C)c(/C=C/C(=O)OCC(=O)NC(=O)NC3CCCC3)c2C)cc1. The molecule has 2 N–H and O–H groups in total. The van der Waals surface area contributed by atoms with Gasteiger partial charge in [-0.05, 0) is 45.3 Å². The van der Waals surface area contributed by atoms with Crippen molar-refractivity contribution < 1.29 is 19.1 Å². The lowest BCUT2D eigenvalue weighted by atomic mass is 10.1. The van der Waals surface area contributed by atoms with E-state index in [2.05, 4.69) is 40.0 Å². The first-order chi connectivity index (χ1) is 15.3. The second-order valence-electron chi connectivity index (χ2n) is 8.17. The molecule has 1 saturated carbocycles. The van der Waals surface area contributed by atoms with Gasteiger partial charge in [0.05, 0.1) is 12.2 Å². The molecule has 32 heavy (non-hydrogen) atoms. The standard InChI is InChI=1S/C24H30N4O4/c1-16-8-10-19(11-9-16)14-28-18(3)21(17(2)27-28)12-13-23(30)32-15-22(29)26-24(31)25-20-6-4-5-7-20/h8-13,20H,4-7,14-15H2,1-3H3,(H2,25,26,29,31)/b13-12+. The first-order valence-electron chi connectivity index (χ1n) is 10.9. The topological polar surface area (TPSA) is 102 Å². The second-order valence-corrected chi connectivity index (χ2v) is 8.17. The Morgan fingerprint density at radius 2 is 1.81 bits per heavy atom. The second kappa shape index (κ2) is 10.7. The number of nitrogens with one attached hydrogen (secondary N) is 2. The van der Waals surface area contributed by atoms with Gasteiger partial charge in [-0.2, -0.15) is 5.10 Å². The smallest absolute Gasteiger partial charge is 0.331 e. The number of ether oxygens (including phenoxy) is 1. The molecule has 1 heterocycles. The number of hydrogen-bond donors (Lipinski definition) is 2. The third kappa shape index (κ3) is 6.54. The Labute approximate surface area is 188 Å². The van der Waals surface area contributed by atoms with E-state index in [1.807, 2.05) is 25.5 Å². The number of esters is 1. The van der Waals surface area contributed by atoms with Crippen LogP contribution in [-0.2, 0) is 20.9 Å². The molecule has 1 aliphatic carbocycles. The van der Waals surface area contributed by atoms with Gasteiger partial charge < -0.3 is 10.1 Å². The minimum atomic E-state index is -0.666. The monoisotopic (exact) mass is 438 g/mol. The van der Waals surface area contributed by atoms with E-state index in [9.17, 15) is 14.4 Å². The number of amides is 3. The molecule has 1 aromatic carbocycles. The summed E-state index contributed by atoms with van der Waals surface area (Å²) in [6.45, 7) is 5.97. The van der Waals surface area contributed by atoms with E-state index in [1.165, 1.54) is 11.6 Å². The van der Waals surface area contributed by atoms with Crippen LogP contribution in [0.1, 0.15) is 53.8 Å². The van der Waals surface area contributed by atoms with Crippen molar-refractivity contribution >= 4 is 24.0 Å². The van der Waals surface area contributed by atoms with Crippen molar-refractivity contribution in [1.82, 2.24) is 20.4 Å². The van der Waals surface area contributed by atoms with Gasteiger partial charge in [0.15, 0.2) is 6.61 Å². The lowest BCUT2D eigenvalue weighted by Gasteiger charge is -2.12. The Hall–Kier alpha value is -3.42. The van der Waals surface area contributed by atoms with E-state index >= 15 is 0 Å². The maximum absolute atomic E-state index is 12.0. The summed E-state index contributed by atoms with van der Waals surface area (Å²) in [6.07, 6.45) is 6.89. The summed E-state index contributed by atoms with van der Waals surface area (Å²) in [7, 11) is 0.